The summed E-state index contributed by atoms with van der Waals surface area (Å²) >= 11 is 0. The third kappa shape index (κ3) is 4.56. The molecule has 21 heavy (non-hydrogen) atoms. The van der Waals surface area contributed by atoms with Crippen molar-refractivity contribution in [3.63, 3.8) is 0 Å². The van der Waals surface area contributed by atoms with E-state index in [-0.39, 0.29) is 6.61 Å². The number of nitrogens with zero attached hydrogens (tertiary/aromatic N) is 2. The van der Waals surface area contributed by atoms with Crippen LogP contribution in [0.4, 0.5) is 0 Å². The van der Waals surface area contributed by atoms with E-state index in [2.05, 4.69) is 18.7 Å². The van der Waals surface area contributed by atoms with Crippen LogP contribution in [0.1, 0.15) is 44.2 Å². The van der Waals surface area contributed by atoms with Crippen LogP contribution in [0, 0.1) is 23.2 Å². The van der Waals surface area contributed by atoms with Crippen LogP contribution in [0.2, 0.25) is 0 Å². The summed E-state index contributed by atoms with van der Waals surface area (Å²) in [6.45, 7) is 7.41. The highest BCUT2D eigenvalue weighted by atomic mass is 16.3. The third-order valence-corrected chi connectivity index (χ3v) is 4.60. The third-order valence-electron chi connectivity index (χ3n) is 4.60. The molecule has 3 nitrogen and oxygen atoms in total. The minimum Gasteiger partial charge on any atom is -0.392 e. The van der Waals surface area contributed by atoms with Crippen molar-refractivity contribution < 1.29 is 5.11 Å². The number of aliphatic hydroxyl groups is 1. The molecule has 1 aliphatic heterocycles. The molecule has 2 atom stereocenters. The molecular formula is C18H26N2O. The second-order valence-corrected chi connectivity index (χ2v) is 6.56. The summed E-state index contributed by atoms with van der Waals surface area (Å²) in [4.78, 5) is 2.66. The van der Waals surface area contributed by atoms with Gasteiger partial charge in [-0.1, -0.05) is 12.1 Å². The van der Waals surface area contributed by atoms with E-state index in [1.165, 1.54) is 32.4 Å². The fraction of sp³-hybridized carbons (Fsp3) is 0.611. The minimum atomic E-state index is -0.00444. The summed E-state index contributed by atoms with van der Waals surface area (Å²) in [5.41, 5.74) is 1.37. The second-order valence-electron chi connectivity index (χ2n) is 6.56. The first-order valence-electron chi connectivity index (χ1n) is 7.96. The molecule has 3 rings (SSSR count). The van der Waals surface area contributed by atoms with E-state index in [1.54, 1.807) is 24.3 Å². The van der Waals surface area contributed by atoms with Gasteiger partial charge in [0.1, 0.15) is 0 Å². The van der Waals surface area contributed by atoms with Gasteiger partial charge in [-0.2, -0.15) is 5.26 Å². The molecule has 1 aromatic rings. The van der Waals surface area contributed by atoms with Crippen LogP contribution < -0.4 is 0 Å². The lowest BCUT2D eigenvalue weighted by Gasteiger charge is -2.34. The van der Waals surface area contributed by atoms with Crippen LogP contribution in [0.5, 0.6) is 0 Å². The Kier molecular flexibility index (Phi) is 5.78. The number of nitriles is 1. The number of hydrogen-bond acceptors (Lipinski definition) is 3. The van der Waals surface area contributed by atoms with E-state index in [0.29, 0.717) is 5.56 Å². The maximum Gasteiger partial charge on any atom is 0.0991 e. The molecule has 0 radical (unpaired) electrons. The van der Waals surface area contributed by atoms with Gasteiger partial charge in [0.2, 0.25) is 0 Å². The molecule has 2 fully saturated rings. The monoisotopic (exact) mass is 286 g/mol. The molecule has 2 aliphatic rings. The Morgan fingerprint density at radius 2 is 1.95 bits per heavy atom. The second kappa shape index (κ2) is 7.59. The topological polar surface area (TPSA) is 47.3 Å². The van der Waals surface area contributed by atoms with E-state index >= 15 is 0 Å². The van der Waals surface area contributed by atoms with Crippen LogP contribution in [0.3, 0.4) is 0 Å². The van der Waals surface area contributed by atoms with Crippen molar-refractivity contribution in [1.82, 2.24) is 4.90 Å². The maximum atomic E-state index is 8.65. The van der Waals surface area contributed by atoms with E-state index < -0.39 is 0 Å². The van der Waals surface area contributed by atoms with Crippen molar-refractivity contribution in [3.8, 4) is 6.07 Å². The van der Waals surface area contributed by atoms with E-state index in [1.807, 2.05) is 6.07 Å². The lowest BCUT2D eigenvalue weighted by molar-refractivity contribution is 0.133. The highest BCUT2D eigenvalue weighted by Crippen LogP contribution is 2.36. The first-order chi connectivity index (χ1) is 10.1. The van der Waals surface area contributed by atoms with Crippen molar-refractivity contribution in [3.05, 3.63) is 35.4 Å². The van der Waals surface area contributed by atoms with Crippen molar-refractivity contribution in [2.45, 2.75) is 45.8 Å². The molecule has 1 N–H and O–H groups in total. The predicted molar refractivity (Wildman–Crippen MR) is 84.6 cm³/mol. The highest BCUT2D eigenvalue weighted by molar-refractivity contribution is 5.32. The lowest BCUT2D eigenvalue weighted by Crippen LogP contribution is -2.40. The van der Waals surface area contributed by atoms with Crippen molar-refractivity contribution in [2.75, 3.05) is 13.1 Å². The lowest BCUT2D eigenvalue weighted by atomic mass is 9.98. The van der Waals surface area contributed by atoms with Gasteiger partial charge in [0, 0.05) is 19.1 Å². The Labute approximate surface area is 128 Å². The molecule has 1 saturated heterocycles. The van der Waals surface area contributed by atoms with Gasteiger partial charge in [-0.3, -0.25) is 0 Å². The molecule has 3 heteroatoms. The largest absolute Gasteiger partial charge is 0.392 e. The molecule has 1 aliphatic carbocycles. The van der Waals surface area contributed by atoms with Crippen LogP contribution in [0.25, 0.3) is 0 Å². The zero-order valence-corrected chi connectivity index (χ0v) is 13.1. The first-order valence-corrected chi connectivity index (χ1v) is 7.96. The summed E-state index contributed by atoms with van der Waals surface area (Å²) in [5.74, 6) is 2.10. The molecule has 0 amide bonds. The summed E-state index contributed by atoms with van der Waals surface area (Å²) < 4.78 is 0. The molecule has 1 saturated carbocycles. The quantitative estimate of drug-likeness (QED) is 0.908. The van der Waals surface area contributed by atoms with Crippen molar-refractivity contribution in [2.24, 2.45) is 11.8 Å². The molecule has 2 bridgehead atoms. The van der Waals surface area contributed by atoms with Crippen LogP contribution in [-0.4, -0.2) is 29.1 Å². The Morgan fingerprint density at radius 1 is 1.29 bits per heavy atom. The average molecular weight is 286 g/mol. The number of piperidine rings is 1. The molecule has 1 heterocycles. The fourth-order valence-corrected chi connectivity index (χ4v) is 3.41. The molecule has 0 aromatic heterocycles. The summed E-state index contributed by atoms with van der Waals surface area (Å²) in [6, 6.07) is 9.67. The van der Waals surface area contributed by atoms with Gasteiger partial charge in [-0.15, -0.1) is 0 Å². The number of fused-ring (bicyclic) bond motifs is 2. The van der Waals surface area contributed by atoms with Gasteiger partial charge in [0.25, 0.3) is 0 Å². The normalized spacial score (nSPS) is 24.3. The summed E-state index contributed by atoms with van der Waals surface area (Å²) in [5, 5.41) is 17.1. The average Bonchev–Trinajstić information content (AvgIpc) is 2.86. The van der Waals surface area contributed by atoms with Gasteiger partial charge in [-0.05, 0) is 62.6 Å². The van der Waals surface area contributed by atoms with Crippen LogP contribution in [0.15, 0.2) is 24.3 Å². The first kappa shape index (κ1) is 16.0. The summed E-state index contributed by atoms with van der Waals surface area (Å²) in [7, 11) is 0. The molecule has 0 spiro atoms. The number of hydrogen-bond donors (Lipinski definition) is 1. The highest BCUT2D eigenvalue weighted by Gasteiger charge is 2.33. The summed E-state index contributed by atoms with van der Waals surface area (Å²) in [6.07, 6.45) is 4.55. The van der Waals surface area contributed by atoms with Gasteiger partial charge >= 0.3 is 0 Å². The van der Waals surface area contributed by atoms with Crippen LogP contribution >= 0.6 is 0 Å². The SMILES string of the molecule is CC(C)N1CC2CC[C@@H](C2)C1.N#Cc1cccc(CO)c1. The molecule has 1 aromatic carbocycles. The van der Waals surface area contributed by atoms with Crippen LogP contribution in [-0.2, 0) is 6.61 Å². The molecular weight excluding hydrogens is 260 g/mol. The van der Waals surface area contributed by atoms with E-state index in [9.17, 15) is 0 Å². The van der Waals surface area contributed by atoms with E-state index in [4.69, 9.17) is 10.4 Å². The Balaban J connectivity index is 0.000000155. The zero-order chi connectivity index (χ0) is 15.2. The van der Waals surface area contributed by atoms with Gasteiger partial charge in [-0.25, -0.2) is 0 Å². The molecule has 114 valence electrons. The van der Waals surface area contributed by atoms with Crippen molar-refractivity contribution in [1.29, 1.82) is 5.26 Å². The van der Waals surface area contributed by atoms with Gasteiger partial charge < -0.3 is 10.0 Å². The Hall–Kier alpha value is -1.37. The number of benzene rings is 1. The van der Waals surface area contributed by atoms with Gasteiger partial charge in [0.15, 0.2) is 0 Å². The number of rotatable bonds is 2. The molecule has 1 unspecified atom stereocenters. The standard InChI is InChI=1S/C10H19N.C8H7NO/c1-8(2)11-6-9-3-4-10(5-9)7-11;9-5-7-2-1-3-8(4-7)6-10/h8-10H,3-7H2,1-2H3;1-4,10H,6H2/t9-,10?;/m0./s1. The predicted octanol–water partition coefficient (Wildman–Crippen LogP) is 3.18. The zero-order valence-electron chi connectivity index (χ0n) is 13.1. The van der Waals surface area contributed by atoms with Crippen molar-refractivity contribution >= 4 is 0 Å². The van der Waals surface area contributed by atoms with Gasteiger partial charge in [0.05, 0.1) is 18.2 Å². The van der Waals surface area contributed by atoms with E-state index in [0.717, 1.165) is 23.4 Å². The number of likely N-dealkylation sites (tertiary alicyclic amines) is 1. The Morgan fingerprint density at radius 3 is 2.48 bits per heavy atom. The Bertz CT molecular complexity index is 480. The number of aliphatic hydroxyl groups excluding tert-OH is 1. The maximum absolute atomic E-state index is 8.65. The minimum absolute atomic E-state index is 0.00444. The fourth-order valence-electron chi connectivity index (χ4n) is 3.41. The smallest absolute Gasteiger partial charge is 0.0991 e.